The molecule has 1 aromatic carbocycles. The highest BCUT2D eigenvalue weighted by atomic mass is 16.5. The van der Waals surface area contributed by atoms with Gasteiger partial charge in [0.25, 0.3) is 0 Å². The van der Waals surface area contributed by atoms with Crippen LogP contribution in [0.15, 0.2) is 36.4 Å². The third-order valence-corrected chi connectivity index (χ3v) is 3.39. The Morgan fingerprint density at radius 2 is 2.05 bits per heavy atom. The Balaban J connectivity index is 1.89. The minimum absolute atomic E-state index is 0.00432. The Hall–Kier alpha value is -1.81. The maximum atomic E-state index is 12.1. The fourth-order valence-electron chi connectivity index (χ4n) is 2.27. The largest absolute Gasteiger partial charge is 0.492 e. The number of hydrogen-bond acceptors (Lipinski definition) is 3. The summed E-state index contributed by atoms with van der Waals surface area (Å²) in [4.78, 5) is 14.2. The number of amides is 1. The molecule has 4 heteroatoms. The number of nitrogens with one attached hydrogen (secondary N) is 1. The predicted octanol–water partition coefficient (Wildman–Crippen LogP) is 2.68. The molecular formula is C16H22N2O2. The maximum absolute atomic E-state index is 12.1. The van der Waals surface area contributed by atoms with Crippen molar-refractivity contribution >= 4 is 11.6 Å². The van der Waals surface area contributed by atoms with Gasteiger partial charge in [0.2, 0.25) is 5.91 Å². The Labute approximate surface area is 120 Å². The van der Waals surface area contributed by atoms with Crippen molar-refractivity contribution in [2.45, 2.75) is 19.8 Å². The molecule has 1 fully saturated rings. The molecule has 0 atom stereocenters. The van der Waals surface area contributed by atoms with Crippen LogP contribution in [-0.2, 0) is 4.79 Å². The van der Waals surface area contributed by atoms with Gasteiger partial charge in [-0.05, 0) is 31.9 Å². The zero-order chi connectivity index (χ0) is 14.4. The van der Waals surface area contributed by atoms with E-state index in [1.807, 2.05) is 31.2 Å². The second-order valence-corrected chi connectivity index (χ2v) is 5.00. The van der Waals surface area contributed by atoms with Gasteiger partial charge < -0.3 is 10.1 Å². The molecule has 4 nitrogen and oxygen atoms in total. The molecule has 0 aliphatic carbocycles. The van der Waals surface area contributed by atoms with Gasteiger partial charge in [-0.1, -0.05) is 24.3 Å². The molecule has 2 rings (SSSR count). The van der Waals surface area contributed by atoms with E-state index in [1.54, 1.807) is 0 Å². The van der Waals surface area contributed by atoms with Crippen molar-refractivity contribution in [3.63, 3.8) is 0 Å². The molecule has 1 saturated heterocycles. The molecular weight excluding hydrogens is 252 g/mol. The lowest BCUT2D eigenvalue weighted by Crippen LogP contribution is -2.37. The number of carbonyl (C=O) groups is 1. The molecule has 1 heterocycles. The number of rotatable bonds is 5. The first kappa shape index (κ1) is 14.6. The number of benzene rings is 1. The van der Waals surface area contributed by atoms with Crippen molar-refractivity contribution < 1.29 is 9.53 Å². The van der Waals surface area contributed by atoms with Crippen molar-refractivity contribution in [2.75, 3.05) is 31.6 Å². The van der Waals surface area contributed by atoms with Crippen LogP contribution in [0.25, 0.3) is 0 Å². The Morgan fingerprint density at radius 1 is 1.35 bits per heavy atom. The zero-order valence-corrected chi connectivity index (χ0v) is 12.0. The molecule has 1 amide bonds. The van der Waals surface area contributed by atoms with E-state index in [0.717, 1.165) is 37.4 Å². The summed E-state index contributed by atoms with van der Waals surface area (Å²) in [5.74, 6) is 0.722. The second-order valence-electron chi connectivity index (χ2n) is 5.00. The van der Waals surface area contributed by atoms with Crippen LogP contribution >= 0.6 is 0 Å². The fourth-order valence-corrected chi connectivity index (χ4v) is 2.27. The Morgan fingerprint density at radius 3 is 2.75 bits per heavy atom. The van der Waals surface area contributed by atoms with Crippen LogP contribution < -0.4 is 10.1 Å². The smallest absolute Gasteiger partial charge is 0.238 e. The van der Waals surface area contributed by atoms with Crippen LogP contribution in [0.3, 0.4) is 0 Å². The molecule has 20 heavy (non-hydrogen) atoms. The van der Waals surface area contributed by atoms with E-state index in [4.69, 9.17) is 4.74 Å². The lowest BCUT2D eigenvalue weighted by Gasteiger charge is -2.27. The lowest BCUT2D eigenvalue weighted by atomic mass is 10.1. The first-order chi connectivity index (χ1) is 9.69. The summed E-state index contributed by atoms with van der Waals surface area (Å²) < 4.78 is 5.50. The molecule has 0 radical (unpaired) electrons. The van der Waals surface area contributed by atoms with E-state index in [-0.39, 0.29) is 5.91 Å². The highest BCUT2D eigenvalue weighted by molar-refractivity contribution is 5.93. The van der Waals surface area contributed by atoms with E-state index in [2.05, 4.69) is 16.8 Å². The summed E-state index contributed by atoms with van der Waals surface area (Å²) in [5, 5.41) is 2.93. The number of carbonyl (C=O) groups excluding carboxylic acids is 1. The molecule has 1 aliphatic heterocycles. The van der Waals surface area contributed by atoms with Gasteiger partial charge in [0, 0.05) is 13.1 Å². The van der Waals surface area contributed by atoms with Gasteiger partial charge in [-0.25, -0.2) is 0 Å². The number of para-hydroxylation sites is 2. The molecule has 1 aliphatic rings. The first-order valence-electron chi connectivity index (χ1n) is 7.09. The fraction of sp³-hybridized carbons (Fsp3) is 0.438. The number of nitrogens with zero attached hydrogens (tertiary/aromatic N) is 1. The summed E-state index contributed by atoms with van der Waals surface area (Å²) in [6.45, 7) is 8.75. The average Bonchev–Trinajstić information content (AvgIpc) is 2.44. The van der Waals surface area contributed by atoms with Crippen molar-refractivity contribution in [3.8, 4) is 5.75 Å². The molecule has 0 unspecified atom stereocenters. The molecule has 0 aromatic heterocycles. The third kappa shape index (κ3) is 4.10. The summed E-state index contributed by atoms with van der Waals surface area (Å²) >= 11 is 0. The van der Waals surface area contributed by atoms with Crippen LogP contribution in [0.4, 0.5) is 5.69 Å². The number of piperidine rings is 1. The van der Waals surface area contributed by atoms with Gasteiger partial charge in [0.05, 0.1) is 18.8 Å². The van der Waals surface area contributed by atoms with Gasteiger partial charge in [-0.15, -0.1) is 0 Å². The number of anilines is 1. The lowest BCUT2D eigenvalue weighted by molar-refractivity contribution is -0.117. The van der Waals surface area contributed by atoms with E-state index in [0.29, 0.717) is 13.2 Å². The zero-order valence-electron chi connectivity index (χ0n) is 12.0. The normalized spacial score (nSPS) is 15.9. The monoisotopic (exact) mass is 274 g/mol. The van der Waals surface area contributed by atoms with E-state index < -0.39 is 0 Å². The van der Waals surface area contributed by atoms with Crippen molar-refractivity contribution in [2.24, 2.45) is 0 Å². The summed E-state index contributed by atoms with van der Waals surface area (Å²) in [6.07, 6.45) is 1.98. The number of likely N-dealkylation sites (tertiary alicyclic amines) is 1. The van der Waals surface area contributed by atoms with E-state index in [9.17, 15) is 4.79 Å². The van der Waals surface area contributed by atoms with Gasteiger partial charge in [-0.2, -0.15) is 0 Å². The molecule has 108 valence electrons. The topological polar surface area (TPSA) is 41.6 Å². The van der Waals surface area contributed by atoms with Gasteiger partial charge >= 0.3 is 0 Å². The van der Waals surface area contributed by atoms with Crippen molar-refractivity contribution in [3.05, 3.63) is 36.4 Å². The maximum Gasteiger partial charge on any atom is 0.238 e. The van der Waals surface area contributed by atoms with Crippen LogP contribution in [-0.4, -0.2) is 37.0 Å². The molecule has 1 aromatic rings. The highest BCUT2D eigenvalue weighted by Gasteiger charge is 2.16. The highest BCUT2D eigenvalue weighted by Crippen LogP contribution is 2.23. The van der Waals surface area contributed by atoms with Gasteiger partial charge in [-0.3, -0.25) is 9.69 Å². The minimum Gasteiger partial charge on any atom is -0.492 e. The molecule has 0 bridgehead atoms. The van der Waals surface area contributed by atoms with Crippen LogP contribution in [0, 0.1) is 0 Å². The van der Waals surface area contributed by atoms with Crippen LogP contribution in [0.1, 0.15) is 19.8 Å². The molecule has 1 N–H and O–H groups in total. The summed E-state index contributed by atoms with van der Waals surface area (Å²) in [6, 6.07) is 7.52. The van der Waals surface area contributed by atoms with Crippen LogP contribution in [0.2, 0.25) is 0 Å². The quantitative estimate of drug-likeness (QED) is 0.839. The van der Waals surface area contributed by atoms with Gasteiger partial charge in [0.1, 0.15) is 5.75 Å². The second kappa shape index (κ2) is 7.10. The third-order valence-electron chi connectivity index (χ3n) is 3.39. The Kier molecular flexibility index (Phi) is 5.18. The van der Waals surface area contributed by atoms with Crippen molar-refractivity contribution in [1.82, 2.24) is 4.90 Å². The van der Waals surface area contributed by atoms with Crippen molar-refractivity contribution in [1.29, 1.82) is 0 Å². The first-order valence-corrected chi connectivity index (χ1v) is 7.09. The van der Waals surface area contributed by atoms with Crippen LogP contribution in [0.5, 0.6) is 5.75 Å². The van der Waals surface area contributed by atoms with E-state index >= 15 is 0 Å². The number of ether oxygens (including phenoxy) is 1. The SMILES string of the molecule is C=C1CCN(CC(=O)Nc2ccccc2OCC)CC1. The molecule has 0 spiro atoms. The summed E-state index contributed by atoms with van der Waals surface area (Å²) in [5.41, 5.74) is 2.02. The predicted molar refractivity (Wildman–Crippen MR) is 81.1 cm³/mol. The Bertz CT molecular complexity index is 475. The average molecular weight is 274 g/mol. The molecule has 0 saturated carbocycles. The minimum atomic E-state index is 0.00432. The number of hydrogen-bond donors (Lipinski definition) is 1. The standard InChI is InChI=1S/C16H22N2O2/c1-3-20-15-7-5-4-6-14(15)17-16(19)12-18-10-8-13(2)9-11-18/h4-7H,2-3,8-12H2,1H3,(H,17,19). The summed E-state index contributed by atoms with van der Waals surface area (Å²) in [7, 11) is 0. The van der Waals surface area contributed by atoms with E-state index in [1.165, 1.54) is 5.57 Å². The van der Waals surface area contributed by atoms with Gasteiger partial charge in [0.15, 0.2) is 0 Å².